The van der Waals surface area contributed by atoms with E-state index in [0.717, 1.165) is 328 Å². The Morgan fingerprint density at radius 1 is 0.453 bits per heavy atom. The number of likely N-dealkylation sites (tertiary alicyclic amines) is 1. The molecule has 0 unspecified atom stereocenters. The highest BCUT2D eigenvalue weighted by Gasteiger charge is 2.33. The molecule has 1 atom stereocenters. The first-order valence-electron chi connectivity index (χ1n) is 50.3. The largest absolute Gasteiger partial charge is 0.488 e. The molecule has 31 nitrogen and oxygen atoms in total. The van der Waals surface area contributed by atoms with Crippen LogP contribution in [-0.2, 0) is 44.6 Å². The van der Waals surface area contributed by atoms with E-state index < -0.39 is 0 Å². The van der Waals surface area contributed by atoms with Gasteiger partial charge in [-0.05, 0) is 251 Å². The summed E-state index contributed by atoms with van der Waals surface area (Å²) < 4.78 is 63.4. The zero-order valence-electron chi connectivity index (χ0n) is 80.8. The van der Waals surface area contributed by atoms with Gasteiger partial charge in [0.25, 0.3) is 5.91 Å². The van der Waals surface area contributed by atoms with E-state index in [9.17, 15) is 9.59 Å². The molecule has 4 aromatic carbocycles. The first-order chi connectivity index (χ1) is 68.1. The zero-order valence-corrected chi connectivity index (χ0v) is 80.8. The van der Waals surface area contributed by atoms with Crippen LogP contribution in [0.25, 0.3) is 49.7 Å². The molecule has 4 saturated carbocycles. The molecule has 0 radical (unpaired) electrons. The van der Waals surface area contributed by atoms with E-state index >= 15 is 4.39 Å². The van der Waals surface area contributed by atoms with Crippen molar-refractivity contribution >= 4 is 84.3 Å². The molecule has 139 heavy (non-hydrogen) atoms. The number of nitrogens with one attached hydrogen (secondary N) is 1. The van der Waals surface area contributed by atoms with Gasteiger partial charge in [0, 0.05) is 188 Å². The summed E-state index contributed by atoms with van der Waals surface area (Å²) in [6.07, 6.45) is 47.1. The van der Waals surface area contributed by atoms with Gasteiger partial charge in [-0.25, -0.2) is 54.2 Å². The average Bonchev–Trinajstić information content (AvgIpc) is 1.29. The van der Waals surface area contributed by atoms with Gasteiger partial charge in [0.05, 0.1) is 105 Å². The van der Waals surface area contributed by atoms with E-state index in [-0.39, 0.29) is 41.9 Å². The molecule has 1 amide bonds. The lowest BCUT2D eigenvalue weighted by molar-refractivity contribution is 0.0820. The number of carbonyl (C=O) groups excluding carboxylic acids is 2. The summed E-state index contributed by atoms with van der Waals surface area (Å²) in [5, 5.41) is 3.23. The standard InChI is InChI=1S/C29H38FN7O2.C27H32N4O3.C26H32N6O3.C25H28N4O2/c1-36-10-2-3-21(36)18-33-29-27(30)24(34-19-35-29)15-20-4-6-23(7-5-20)39-26-17-22(37-11-13-38-14-12-37)16-25-28(26)32-9-8-31-25;1-2-25(32)23-8-5-20(18-30-23)15-19-3-6-22(7-4-19)34-26-17-21(31-11-13-33-14-12-31)16-24-27(26)29-10-9-28-24;1-31(2)26(33)21-7-8-28-24(30-21)15-18-3-5-20(6-4-18)35-23-17-19(32-11-13-34-14-12-32)16-22-25(23)29-10-9-27-22;1-17-26-9-6-21(29-17)14-18-2-4-22(5-3-18)31-24-16-20(19-7-12-30-13-8-19)15-23-25(24)28-11-10-27-23/h8-9,16-17,19-21,23H,2-7,10-15,18H2,1H3,(H,33,34,35);5,8-10,16-19,22H,2-4,6-7,11-15H2,1H3;7-10,16-18,20H,3-6,11-15H2,1-2H3;6-7,9-11,15-16,18,22H,2-5,8,12-14H2,1H3/t20?,21-,23?;;;/m0.../s1. The number of benzene rings is 4. The van der Waals surface area contributed by atoms with Gasteiger partial charge in [-0.3, -0.25) is 34.5 Å². The van der Waals surface area contributed by atoms with Crippen LogP contribution < -0.4 is 39.0 Å². The third-order valence-corrected chi connectivity index (χ3v) is 28.5. The fraction of sp³-hybridized carbons (Fsp3) is 0.505. The predicted octanol–water partition coefficient (Wildman–Crippen LogP) is 16.6. The minimum atomic E-state index is -0.304. The summed E-state index contributed by atoms with van der Waals surface area (Å²) in [5.74, 6) is 7.01. The number of likely N-dealkylation sites (N-methyl/N-ethyl adjacent to an activating group) is 1. The topological polar surface area (TPSA) is 330 Å². The second kappa shape index (κ2) is 47.5. The second-order valence-corrected chi connectivity index (χ2v) is 38.3. The Hall–Kier alpha value is -12.4. The lowest BCUT2D eigenvalue weighted by Crippen LogP contribution is -2.36. The van der Waals surface area contributed by atoms with E-state index in [2.05, 4.69) is 167 Å². The molecule has 4 saturated heterocycles. The SMILES string of the molecule is CCC(=O)c1ccc(CC2CCC(Oc3cc(N4CCOCC4)cc4nccnc34)CC2)cn1.CN(C)C(=O)c1ccnc(CC2CCC(Oc3cc(N4CCOCC4)cc4nccnc34)CC2)n1.CN1CCC[C@H]1CNc1ncnc(CC2CCC(Oc3cc(N4CCOCC4)cc4nccnc34)CC2)c1F.Cc1nccc(CC2CCC(Oc3cc(C4=CCOCC4)cc4nccnc34)CC2)n1. The predicted molar refractivity (Wildman–Crippen MR) is 533 cm³/mol. The monoisotopic (exact) mass is 1890 g/mol. The number of amides is 1. The molecule has 12 aromatic rings. The number of hydrogen-bond acceptors (Lipinski definition) is 30. The molecule has 0 bridgehead atoms. The average molecular weight is 1890 g/mol. The molecule has 13 heterocycles. The van der Waals surface area contributed by atoms with E-state index in [1.54, 1.807) is 75.9 Å². The summed E-state index contributed by atoms with van der Waals surface area (Å²) >= 11 is 0. The first kappa shape index (κ1) is 96.9. The zero-order chi connectivity index (χ0) is 95.2. The molecule has 730 valence electrons. The molecule has 8 fully saturated rings. The molecule has 1 N–H and O–H groups in total. The number of halogens is 1. The molecule has 4 aliphatic carbocycles. The Kier molecular flexibility index (Phi) is 33.1. The summed E-state index contributed by atoms with van der Waals surface area (Å²) in [5.41, 5.74) is 16.4. The second-order valence-electron chi connectivity index (χ2n) is 38.3. The Labute approximate surface area is 812 Å². The number of aryl methyl sites for hydroxylation is 1. The summed E-state index contributed by atoms with van der Waals surface area (Å²) in [6, 6.07) is 24.9. The Morgan fingerprint density at radius 3 is 1.37 bits per heavy atom. The van der Waals surface area contributed by atoms with Crippen molar-refractivity contribution in [1.82, 2.24) is 84.6 Å². The van der Waals surface area contributed by atoms with E-state index in [1.165, 1.54) is 34.3 Å². The number of ketones is 1. The number of hydrogen-bond donors (Lipinski definition) is 1. The third-order valence-electron chi connectivity index (χ3n) is 28.5. The van der Waals surface area contributed by atoms with E-state index in [0.29, 0.717) is 78.6 Å². The van der Waals surface area contributed by atoms with Gasteiger partial charge in [0.1, 0.15) is 74.4 Å². The Bertz CT molecular complexity index is 6120. The van der Waals surface area contributed by atoms with Crippen LogP contribution in [0.2, 0.25) is 0 Å². The molecule has 5 aliphatic heterocycles. The van der Waals surface area contributed by atoms with Crippen molar-refractivity contribution in [3.63, 3.8) is 0 Å². The molecule has 9 aliphatic rings. The first-order valence-corrected chi connectivity index (χ1v) is 50.3. The third kappa shape index (κ3) is 25.8. The number of morpholine rings is 3. The van der Waals surface area contributed by atoms with Gasteiger partial charge >= 0.3 is 0 Å². The highest BCUT2D eigenvalue weighted by molar-refractivity contribution is 5.94. The number of aromatic nitrogens is 15. The smallest absolute Gasteiger partial charge is 0.272 e. The van der Waals surface area contributed by atoms with Crippen LogP contribution in [0.4, 0.5) is 27.3 Å². The van der Waals surface area contributed by atoms with Crippen molar-refractivity contribution in [2.24, 2.45) is 23.7 Å². The summed E-state index contributed by atoms with van der Waals surface area (Å²) in [4.78, 5) is 102. The molecule has 0 spiro atoms. The maximum atomic E-state index is 15.3. The minimum absolute atomic E-state index is 0.0964. The fourth-order valence-corrected chi connectivity index (χ4v) is 20.6. The molecule has 8 aromatic heterocycles. The minimum Gasteiger partial charge on any atom is -0.488 e. The number of fused-ring (bicyclic) bond motifs is 4. The van der Waals surface area contributed by atoms with Crippen molar-refractivity contribution in [2.75, 3.05) is 146 Å². The van der Waals surface area contributed by atoms with Gasteiger partial charge in [-0.15, -0.1) is 0 Å². The van der Waals surface area contributed by atoms with Crippen LogP contribution in [0.15, 0.2) is 153 Å². The Morgan fingerprint density at radius 2 is 0.921 bits per heavy atom. The van der Waals surface area contributed by atoms with Crippen molar-refractivity contribution in [3.8, 4) is 23.0 Å². The molecule has 32 heteroatoms. The van der Waals surface area contributed by atoms with E-state index in [1.807, 2.05) is 38.4 Å². The molecular formula is C107H130FN21O10. The van der Waals surface area contributed by atoms with Crippen LogP contribution in [0.5, 0.6) is 23.0 Å². The van der Waals surface area contributed by atoms with Crippen LogP contribution >= 0.6 is 0 Å². The summed E-state index contributed by atoms with van der Waals surface area (Å²) in [7, 11) is 5.59. The van der Waals surface area contributed by atoms with Crippen molar-refractivity contribution < 1.29 is 51.9 Å². The van der Waals surface area contributed by atoms with Crippen LogP contribution in [0.1, 0.15) is 190 Å². The number of nitrogens with zero attached hydrogens (tertiary/aromatic N) is 20. The van der Waals surface area contributed by atoms with Gasteiger partial charge in [0.15, 0.2) is 17.4 Å². The fourth-order valence-electron chi connectivity index (χ4n) is 20.6. The number of carbonyl (C=O) groups is 2. The van der Waals surface area contributed by atoms with Crippen LogP contribution in [0.3, 0.4) is 0 Å². The Balaban J connectivity index is 0.000000123. The highest BCUT2D eigenvalue weighted by atomic mass is 19.1. The van der Waals surface area contributed by atoms with Crippen molar-refractivity contribution in [1.29, 1.82) is 0 Å². The number of pyridine rings is 1. The number of rotatable bonds is 26. The lowest BCUT2D eigenvalue weighted by Gasteiger charge is -2.31. The van der Waals surface area contributed by atoms with E-state index in [4.69, 9.17) is 37.9 Å². The molecule has 21 rings (SSSR count). The highest BCUT2D eigenvalue weighted by Crippen LogP contribution is 2.42. The quantitative estimate of drug-likeness (QED) is 0.0492. The van der Waals surface area contributed by atoms with Gasteiger partial charge in [0.2, 0.25) is 0 Å². The number of ether oxygens (including phenoxy) is 8. The molecular weight excluding hydrogens is 1760 g/mol. The van der Waals surface area contributed by atoms with Gasteiger partial charge < -0.3 is 67.7 Å². The van der Waals surface area contributed by atoms with Crippen molar-refractivity contribution in [2.45, 2.75) is 198 Å². The van der Waals surface area contributed by atoms with Crippen molar-refractivity contribution in [3.05, 3.63) is 205 Å². The lowest BCUT2D eigenvalue weighted by atomic mass is 9.83. The number of anilines is 4. The summed E-state index contributed by atoms with van der Waals surface area (Å²) in [6.45, 7) is 16.6. The number of Topliss-reactive ketones (excluding diaryl/α,β-unsaturated/α-hetero) is 1. The maximum absolute atomic E-state index is 15.3. The van der Waals surface area contributed by atoms with Crippen LogP contribution in [0, 0.1) is 36.4 Å². The van der Waals surface area contributed by atoms with Gasteiger partial charge in [-0.2, -0.15) is 0 Å². The van der Waals surface area contributed by atoms with Crippen LogP contribution in [-0.4, -0.2) is 253 Å². The normalized spacial score (nSPS) is 21.9. The van der Waals surface area contributed by atoms with Gasteiger partial charge in [-0.1, -0.05) is 19.1 Å². The maximum Gasteiger partial charge on any atom is 0.272 e.